The Morgan fingerprint density at radius 2 is 1.38 bits per heavy atom. The van der Waals surface area contributed by atoms with Gasteiger partial charge in [0.1, 0.15) is 0 Å². The second-order valence-electron chi connectivity index (χ2n) is 10.8. The third kappa shape index (κ3) is 6.23. The molecular formula is C34H34N4O7. The van der Waals surface area contributed by atoms with Gasteiger partial charge in [0, 0.05) is 45.9 Å². The lowest BCUT2D eigenvalue weighted by Gasteiger charge is -2.02. The number of H-pyrrole nitrogens is 3. The van der Waals surface area contributed by atoms with Gasteiger partial charge in [-0.1, -0.05) is 25.3 Å². The molecule has 0 saturated heterocycles. The number of carboxylic acids is 2. The Morgan fingerprint density at radius 1 is 0.778 bits per heavy atom. The van der Waals surface area contributed by atoms with Crippen molar-refractivity contribution >= 4 is 53.9 Å². The summed E-state index contributed by atoms with van der Waals surface area (Å²) in [5, 5.41) is 20.0. The summed E-state index contributed by atoms with van der Waals surface area (Å²) >= 11 is 0. The van der Waals surface area contributed by atoms with E-state index in [-0.39, 0.29) is 48.7 Å². The van der Waals surface area contributed by atoms with Crippen molar-refractivity contribution in [3.8, 4) is 0 Å². The molecule has 1 aliphatic heterocycles. The Hall–Kier alpha value is -5.58. The van der Waals surface area contributed by atoms with E-state index in [1.807, 2.05) is 6.92 Å². The van der Waals surface area contributed by atoms with Crippen LogP contribution in [0, 0.1) is 20.8 Å². The second kappa shape index (κ2) is 13.0. The number of nitrogens with one attached hydrogen (secondary N) is 3. The van der Waals surface area contributed by atoms with Gasteiger partial charge in [-0.25, -0.2) is 4.99 Å². The quantitative estimate of drug-likeness (QED) is 0.145. The molecular weight excluding hydrogens is 576 g/mol. The zero-order chi connectivity index (χ0) is 33.2. The highest BCUT2D eigenvalue weighted by atomic mass is 16.4. The third-order valence-corrected chi connectivity index (χ3v) is 8.14. The number of carbonyl (C=O) groups excluding carboxylic acids is 3. The highest BCUT2D eigenvalue weighted by Crippen LogP contribution is 2.26. The van der Waals surface area contributed by atoms with Crippen LogP contribution in [0.2, 0.25) is 0 Å². The molecule has 4 rings (SSSR count). The number of hydrogen-bond donors (Lipinski definition) is 5. The molecule has 0 saturated carbocycles. The van der Waals surface area contributed by atoms with Gasteiger partial charge in [0.05, 0.1) is 22.8 Å². The molecule has 11 heteroatoms. The first-order valence-electron chi connectivity index (χ1n) is 14.2. The third-order valence-electron chi connectivity index (χ3n) is 8.14. The Balaban J connectivity index is 1.94. The molecule has 0 aliphatic carbocycles. The Morgan fingerprint density at radius 3 is 1.93 bits per heavy atom. The van der Waals surface area contributed by atoms with Gasteiger partial charge in [0.15, 0.2) is 6.29 Å². The molecule has 0 spiro atoms. The van der Waals surface area contributed by atoms with Gasteiger partial charge in [-0.15, -0.1) is 0 Å². The van der Waals surface area contributed by atoms with Crippen LogP contribution in [-0.4, -0.2) is 60.8 Å². The average molecular weight is 611 g/mol. The molecule has 0 unspecified atom stereocenters. The van der Waals surface area contributed by atoms with Crippen LogP contribution in [-0.2, 0) is 27.2 Å². The second-order valence-corrected chi connectivity index (χ2v) is 10.8. The molecule has 1 aliphatic rings. The fourth-order valence-corrected chi connectivity index (χ4v) is 5.61. The van der Waals surface area contributed by atoms with Gasteiger partial charge in [-0.05, 0) is 80.5 Å². The molecule has 3 aromatic heterocycles. The highest BCUT2D eigenvalue weighted by molar-refractivity contribution is 6.32. The topological polar surface area (TPSA) is 186 Å². The number of rotatable bonds is 13. The van der Waals surface area contributed by atoms with E-state index in [2.05, 4.69) is 33.1 Å². The average Bonchev–Trinajstić information content (AvgIpc) is 3.67. The number of hydrogen-bond acceptors (Lipinski definition) is 5. The Bertz CT molecular complexity index is 1990. The fourth-order valence-electron chi connectivity index (χ4n) is 5.61. The summed E-state index contributed by atoms with van der Waals surface area (Å²) in [6, 6.07) is 0. The normalized spacial score (nSPS) is 13.9. The summed E-state index contributed by atoms with van der Waals surface area (Å²) in [7, 11) is 0. The van der Waals surface area contributed by atoms with E-state index < -0.39 is 17.7 Å². The molecule has 0 atom stereocenters. The molecule has 11 nitrogen and oxygen atoms in total. The first kappa shape index (κ1) is 32.3. The lowest BCUT2D eigenvalue weighted by molar-refractivity contribution is -0.138. The Labute approximate surface area is 258 Å². The minimum Gasteiger partial charge on any atom is -0.481 e. The van der Waals surface area contributed by atoms with Crippen LogP contribution in [0.25, 0.3) is 18.2 Å². The molecule has 0 radical (unpaired) electrons. The maximum absolute atomic E-state index is 13.8. The number of amides is 1. The standard InChI is InChI=1S/C34H34N4O7/c1-7-20-17(4)31(37-28(20)15-39)33(44)32-18(5)23(10-12-30(42)43)27(36-32)14-26-22(9-11-29(40)41)16(3)24(35-26)13-25-21(8-2)19(6)34(45)38-25/h7-8,13-15,35-37H,1-2,9-12H2,3-6H3,(H,40,41)(H,42,43). The summed E-state index contributed by atoms with van der Waals surface area (Å²) in [6.07, 6.45) is 7.07. The maximum atomic E-state index is 13.8. The number of aliphatic imine (C=N–C) groups is 1. The smallest absolute Gasteiger partial charge is 0.303 e. The fraction of sp³-hybridized carbons (Fsp3) is 0.235. The van der Waals surface area contributed by atoms with E-state index in [4.69, 9.17) is 0 Å². The van der Waals surface area contributed by atoms with Crippen LogP contribution < -0.4 is 10.7 Å². The number of aliphatic carboxylic acids is 2. The van der Waals surface area contributed by atoms with Crippen LogP contribution in [0.4, 0.5) is 0 Å². The molecule has 232 valence electrons. The maximum Gasteiger partial charge on any atom is 0.303 e. The zero-order valence-corrected chi connectivity index (χ0v) is 25.5. The van der Waals surface area contributed by atoms with E-state index >= 15 is 0 Å². The predicted molar refractivity (Wildman–Crippen MR) is 170 cm³/mol. The van der Waals surface area contributed by atoms with Crippen molar-refractivity contribution in [1.29, 1.82) is 0 Å². The summed E-state index contributed by atoms with van der Waals surface area (Å²) in [5.41, 5.74) is 6.28. The van der Waals surface area contributed by atoms with Crippen LogP contribution >= 0.6 is 0 Å². The van der Waals surface area contributed by atoms with Crippen molar-refractivity contribution in [3.05, 3.63) is 97.2 Å². The summed E-state index contributed by atoms with van der Waals surface area (Å²) in [4.78, 5) is 74.1. The molecule has 3 aromatic rings. The van der Waals surface area contributed by atoms with Crippen LogP contribution in [0.1, 0.15) is 85.5 Å². The van der Waals surface area contributed by atoms with Gasteiger partial charge < -0.3 is 25.2 Å². The lowest BCUT2D eigenvalue weighted by Crippen LogP contribution is -2.15. The zero-order valence-electron chi connectivity index (χ0n) is 25.5. The summed E-state index contributed by atoms with van der Waals surface area (Å²) < 4.78 is 0. The van der Waals surface area contributed by atoms with E-state index in [9.17, 15) is 34.2 Å². The van der Waals surface area contributed by atoms with Crippen molar-refractivity contribution in [2.45, 2.75) is 53.4 Å². The van der Waals surface area contributed by atoms with Gasteiger partial charge in [0.25, 0.3) is 5.91 Å². The molecule has 5 N–H and O–H groups in total. The molecule has 0 aromatic carbocycles. The predicted octanol–water partition coefficient (Wildman–Crippen LogP) is 3.41. The molecule has 4 heterocycles. The number of carbonyl (C=O) groups is 5. The van der Waals surface area contributed by atoms with Crippen LogP contribution in [0.3, 0.4) is 0 Å². The number of aldehydes is 1. The number of nitrogens with zero attached hydrogens (tertiary/aromatic N) is 1. The monoisotopic (exact) mass is 610 g/mol. The first-order valence-corrected chi connectivity index (χ1v) is 14.2. The number of carboxylic acid groups (broad SMARTS) is 2. The largest absolute Gasteiger partial charge is 0.481 e. The summed E-state index contributed by atoms with van der Waals surface area (Å²) in [5.74, 6) is -2.77. The molecule has 45 heavy (non-hydrogen) atoms. The minimum atomic E-state index is -1.01. The SMILES string of the molecule is C=CC1=C(C)C(=O)N=C1C=c1[nH]c(=Cc2[nH]c(C(=O)c3[nH]c(C=O)c(C=C)c3C)c(C)c2CCC(=O)O)c(CCC(=O)O)c1C. The van der Waals surface area contributed by atoms with Crippen LogP contribution in [0.5, 0.6) is 0 Å². The van der Waals surface area contributed by atoms with E-state index in [1.54, 1.807) is 39.0 Å². The van der Waals surface area contributed by atoms with Gasteiger partial charge in [-0.3, -0.25) is 24.0 Å². The molecule has 1 amide bonds. The van der Waals surface area contributed by atoms with E-state index in [1.165, 1.54) is 6.08 Å². The number of ketones is 1. The lowest BCUT2D eigenvalue weighted by atomic mass is 10.0. The van der Waals surface area contributed by atoms with E-state index in [0.717, 1.165) is 5.56 Å². The number of aromatic nitrogens is 3. The van der Waals surface area contributed by atoms with Crippen molar-refractivity contribution in [2.24, 2.45) is 4.99 Å². The van der Waals surface area contributed by atoms with Gasteiger partial charge in [-0.2, -0.15) is 0 Å². The highest BCUT2D eigenvalue weighted by Gasteiger charge is 2.25. The van der Waals surface area contributed by atoms with Crippen molar-refractivity contribution in [3.63, 3.8) is 0 Å². The Kier molecular flexibility index (Phi) is 9.32. The van der Waals surface area contributed by atoms with E-state index in [0.29, 0.717) is 67.4 Å². The number of allylic oxidation sites excluding steroid dienone is 2. The molecule has 0 fully saturated rings. The minimum absolute atomic E-state index is 0.118. The summed E-state index contributed by atoms with van der Waals surface area (Å²) in [6.45, 7) is 14.4. The van der Waals surface area contributed by atoms with Crippen molar-refractivity contribution in [1.82, 2.24) is 15.0 Å². The van der Waals surface area contributed by atoms with Gasteiger partial charge >= 0.3 is 11.9 Å². The number of aromatic amines is 3. The van der Waals surface area contributed by atoms with Crippen LogP contribution in [0.15, 0.2) is 35.4 Å². The van der Waals surface area contributed by atoms with Crippen molar-refractivity contribution in [2.75, 3.05) is 0 Å². The molecule has 0 bridgehead atoms. The van der Waals surface area contributed by atoms with Crippen molar-refractivity contribution < 1.29 is 34.2 Å². The first-order chi connectivity index (χ1) is 21.3. The van der Waals surface area contributed by atoms with Gasteiger partial charge in [0.2, 0.25) is 5.78 Å².